The van der Waals surface area contributed by atoms with Crippen molar-refractivity contribution in [3.8, 4) is 27.6 Å². The molecule has 0 spiro atoms. The molecule has 0 fully saturated rings. The summed E-state index contributed by atoms with van der Waals surface area (Å²) in [6, 6.07) is 22.4. The topological polar surface area (TPSA) is 74.5 Å². The van der Waals surface area contributed by atoms with Crippen LogP contribution in [0.2, 0.25) is 0 Å². The highest BCUT2D eigenvalue weighted by Gasteiger charge is 2.24. The third-order valence-corrected chi connectivity index (χ3v) is 9.27. The van der Waals surface area contributed by atoms with Gasteiger partial charge in [0.1, 0.15) is 28.0 Å². The molecule has 0 saturated carbocycles. The summed E-state index contributed by atoms with van der Waals surface area (Å²) in [6.07, 6.45) is 0.579. The maximum Gasteiger partial charge on any atom is 0.344 e. The summed E-state index contributed by atoms with van der Waals surface area (Å²) in [7, 11) is 0. The van der Waals surface area contributed by atoms with E-state index in [1.54, 1.807) is 42.2 Å². The van der Waals surface area contributed by atoms with Crippen LogP contribution < -0.4 is 4.74 Å². The van der Waals surface area contributed by atoms with Crippen molar-refractivity contribution in [3.63, 3.8) is 0 Å². The van der Waals surface area contributed by atoms with E-state index in [0.29, 0.717) is 24.5 Å². The number of thioether (sulfide) groups is 1. The van der Waals surface area contributed by atoms with Crippen molar-refractivity contribution >= 4 is 29.1 Å². The number of halogens is 1. The van der Waals surface area contributed by atoms with Gasteiger partial charge in [-0.15, -0.1) is 23.1 Å². The third-order valence-electron chi connectivity index (χ3n) is 6.58. The van der Waals surface area contributed by atoms with E-state index < -0.39 is 5.97 Å². The van der Waals surface area contributed by atoms with E-state index in [-0.39, 0.29) is 17.7 Å². The minimum atomic E-state index is -0.396. The average molecular weight is 603 g/mol. The van der Waals surface area contributed by atoms with Crippen molar-refractivity contribution in [3.05, 3.63) is 106 Å². The van der Waals surface area contributed by atoms with Crippen LogP contribution in [0.15, 0.2) is 82.2 Å². The highest BCUT2D eigenvalue weighted by atomic mass is 32.2. The van der Waals surface area contributed by atoms with E-state index in [0.717, 1.165) is 42.9 Å². The zero-order valence-electron chi connectivity index (χ0n) is 23.8. The Kier molecular flexibility index (Phi) is 9.39. The lowest BCUT2D eigenvalue weighted by Gasteiger charge is -2.16. The molecule has 1 atom stereocenters. The Hall–Kier alpha value is -3.95. The quantitative estimate of drug-likeness (QED) is 0.111. The molecular weight excluding hydrogens is 572 g/mol. The van der Waals surface area contributed by atoms with E-state index in [1.165, 1.54) is 17.7 Å². The van der Waals surface area contributed by atoms with Crippen LogP contribution >= 0.6 is 23.1 Å². The van der Waals surface area contributed by atoms with Crippen molar-refractivity contribution < 1.29 is 23.2 Å². The SMILES string of the molecule is CCOC(=O)COc1ccc(SC(Cc2cc(-c3ccc(F)cc3)no2)c2sc(-c3ccc(C)cc3)nc2C)cc1C. The zero-order valence-corrected chi connectivity index (χ0v) is 25.5. The minimum absolute atomic E-state index is 0.0126. The number of aromatic nitrogens is 2. The first-order valence-electron chi connectivity index (χ1n) is 13.6. The summed E-state index contributed by atoms with van der Waals surface area (Å²) in [5, 5.41) is 5.21. The van der Waals surface area contributed by atoms with Crippen LogP contribution in [0.4, 0.5) is 4.39 Å². The van der Waals surface area contributed by atoms with Gasteiger partial charge >= 0.3 is 5.97 Å². The van der Waals surface area contributed by atoms with Crippen LogP contribution in [0, 0.1) is 26.6 Å². The monoisotopic (exact) mass is 602 g/mol. The molecule has 0 bridgehead atoms. The molecule has 0 aliphatic rings. The lowest BCUT2D eigenvalue weighted by molar-refractivity contribution is -0.145. The summed E-state index contributed by atoms with van der Waals surface area (Å²) >= 11 is 3.39. The largest absolute Gasteiger partial charge is 0.482 e. The molecule has 0 amide bonds. The molecule has 0 saturated heterocycles. The fraction of sp³-hybridized carbons (Fsp3) is 0.242. The highest BCUT2D eigenvalue weighted by molar-refractivity contribution is 7.99. The van der Waals surface area contributed by atoms with Gasteiger partial charge in [-0.1, -0.05) is 35.0 Å². The van der Waals surface area contributed by atoms with Crippen LogP contribution in [0.3, 0.4) is 0 Å². The van der Waals surface area contributed by atoms with E-state index in [4.69, 9.17) is 19.0 Å². The molecule has 2 aromatic heterocycles. The van der Waals surface area contributed by atoms with Gasteiger partial charge in [-0.2, -0.15) is 0 Å². The molecular formula is C33H31FN2O4S2. The Morgan fingerprint density at radius 3 is 2.45 bits per heavy atom. The van der Waals surface area contributed by atoms with Crippen LogP contribution in [0.5, 0.6) is 5.75 Å². The fourth-order valence-electron chi connectivity index (χ4n) is 4.42. The van der Waals surface area contributed by atoms with E-state index in [1.807, 2.05) is 32.0 Å². The van der Waals surface area contributed by atoms with Crippen molar-refractivity contribution in [2.75, 3.05) is 13.2 Å². The zero-order chi connectivity index (χ0) is 29.6. The molecule has 9 heteroatoms. The molecule has 5 rings (SSSR count). The lowest BCUT2D eigenvalue weighted by Crippen LogP contribution is -2.14. The molecule has 42 heavy (non-hydrogen) atoms. The first-order chi connectivity index (χ1) is 20.3. The second kappa shape index (κ2) is 13.4. The normalized spacial score (nSPS) is 11.8. The summed E-state index contributed by atoms with van der Waals surface area (Å²) in [5.41, 5.74) is 5.63. The number of esters is 1. The smallest absolute Gasteiger partial charge is 0.344 e. The number of benzene rings is 3. The number of hydrogen-bond donors (Lipinski definition) is 0. The number of carbonyl (C=O) groups excluding carboxylic acids is 1. The van der Waals surface area contributed by atoms with Gasteiger partial charge in [0.25, 0.3) is 0 Å². The summed E-state index contributed by atoms with van der Waals surface area (Å²) in [4.78, 5) is 18.9. The van der Waals surface area contributed by atoms with E-state index in [9.17, 15) is 9.18 Å². The van der Waals surface area contributed by atoms with Crippen LogP contribution in [-0.4, -0.2) is 29.3 Å². The molecule has 0 N–H and O–H groups in total. The van der Waals surface area contributed by atoms with E-state index >= 15 is 0 Å². The molecule has 0 radical (unpaired) electrons. The molecule has 216 valence electrons. The van der Waals surface area contributed by atoms with E-state index in [2.05, 4.69) is 42.4 Å². The Morgan fingerprint density at radius 1 is 1.00 bits per heavy atom. The fourth-order valence-corrected chi connectivity index (χ4v) is 7.01. The van der Waals surface area contributed by atoms with Gasteiger partial charge in [0, 0.05) is 33.4 Å². The number of rotatable bonds is 11. The first kappa shape index (κ1) is 29.5. The molecule has 2 heterocycles. The summed E-state index contributed by atoms with van der Waals surface area (Å²) < 4.78 is 29.9. The minimum Gasteiger partial charge on any atom is -0.482 e. The lowest BCUT2D eigenvalue weighted by atomic mass is 10.1. The van der Waals surface area contributed by atoms with Crippen LogP contribution in [-0.2, 0) is 16.0 Å². The van der Waals surface area contributed by atoms with Gasteiger partial charge < -0.3 is 14.0 Å². The third kappa shape index (κ3) is 7.27. The second-order valence-corrected chi connectivity index (χ2v) is 12.2. The predicted molar refractivity (Wildman–Crippen MR) is 165 cm³/mol. The summed E-state index contributed by atoms with van der Waals surface area (Å²) in [5.74, 6) is 0.672. The Labute approximate surface area is 252 Å². The van der Waals surface area contributed by atoms with Gasteiger partial charge in [-0.05, 0) is 75.7 Å². The Bertz CT molecular complexity index is 1660. The number of carbonyl (C=O) groups is 1. The van der Waals surface area contributed by atoms with Gasteiger partial charge in [0.2, 0.25) is 0 Å². The summed E-state index contributed by atoms with van der Waals surface area (Å²) in [6.45, 7) is 8.02. The molecule has 5 aromatic rings. The van der Waals surface area contributed by atoms with Gasteiger partial charge in [0.05, 0.1) is 17.6 Å². The predicted octanol–water partition coefficient (Wildman–Crippen LogP) is 8.55. The van der Waals surface area contributed by atoms with Crippen molar-refractivity contribution in [1.29, 1.82) is 0 Å². The van der Waals surface area contributed by atoms with Crippen molar-refractivity contribution in [2.24, 2.45) is 0 Å². The molecule has 1 unspecified atom stereocenters. The highest BCUT2D eigenvalue weighted by Crippen LogP contribution is 2.44. The van der Waals surface area contributed by atoms with Gasteiger partial charge in [-0.25, -0.2) is 14.2 Å². The van der Waals surface area contributed by atoms with Crippen LogP contribution in [0.1, 0.15) is 39.6 Å². The number of ether oxygens (including phenoxy) is 2. The van der Waals surface area contributed by atoms with Crippen LogP contribution in [0.25, 0.3) is 21.8 Å². The Morgan fingerprint density at radius 2 is 1.74 bits per heavy atom. The number of nitrogens with zero attached hydrogens (tertiary/aromatic N) is 2. The van der Waals surface area contributed by atoms with Crippen molar-refractivity contribution in [2.45, 2.75) is 44.3 Å². The van der Waals surface area contributed by atoms with Gasteiger partial charge in [0.15, 0.2) is 6.61 Å². The second-order valence-electron chi connectivity index (χ2n) is 9.85. The first-order valence-corrected chi connectivity index (χ1v) is 15.3. The molecule has 0 aliphatic heterocycles. The van der Waals surface area contributed by atoms with Gasteiger partial charge in [-0.3, -0.25) is 0 Å². The van der Waals surface area contributed by atoms with Crippen molar-refractivity contribution in [1.82, 2.24) is 10.1 Å². The molecule has 6 nitrogen and oxygen atoms in total. The number of thiazole rings is 1. The molecule has 3 aromatic carbocycles. The Balaban J connectivity index is 1.42. The maximum atomic E-state index is 13.4. The average Bonchev–Trinajstić information content (AvgIpc) is 3.60. The molecule has 0 aliphatic carbocycles. The number of aryl methyl sites for hydroxylation is 3. The maximum absolute atomic E-state index is 13.4. The standard InChI is InChI=1S/C33H31FN2O4S2/c1-5-38-31(37)19-39-29-15-14-27(16-21(29)3)41-30(18-26-17-28(36-40-26)23-10-12-25(34)13-11-23)32-22(4)35-33(42-32)24-8-6-20(2)7-9-24/h6-17,30H,5,18-19H2,1-4H3. The number of hydrogen-bond acceptors (Lipinski definition) is 8.